The minimum absolute atomic E-state index is 0.0160. The Balaban J connectivity index is 0.000000243. The molecule has 0 heterocycles. The van der Waals surface area contributed by atoms with Gasteiger partial charge in [0.1, 0.15) is 17.1 Å². The molecule has 0 aliphatic rings. The molecule has 0 aliphatic carbocycles. The van der Waals surface area contributed by atoms with Gasteiger partial charge in [-0.3, -0.25) is 9.59 Å². The molecule has 0 saturated heterocycles. The van der Waals surface area contributed by atoms with Gasteiger partial charge >= 0.3 is 11.9 Å². The van der Waals surface area contributed by atoms with E-state index in [9.17, 15) is 14.4 Å². The first kappa shape index (κ1) is 19.1. The molecule has 0 aliphatic heterocycles. The molecule has 1 N–H and O–H groups in total. The van der Waals surface area contributed by atoms with Crippen LogP contribution in [0.1, 0.15) is 36.2 Å². The topological polar surface area (TPSA) is 80.7 Å². The molecule has 0 bridgehead atoms. The number of para-hydroxylation sites is 1. The van der Waals surface area contributed by atoms with Gasteiger partial charge in [-0.05, 0) is 17.7 Å². The normalized spacial score (nSPS) is 9.42. The van der Waals surface area contributed by atoms with Crippen molar-refractivity contribution in [2.75, 3.05) is 0 Å². The third-order valence-electron chi connectivity index (χ3n) is 3.01. The number of carbonyl (C=O) groups is 3. The largest absolute Gasteiger partial charge is 0.478 e. The van der Waals surface area contributed by atoms with Crippen LogP contribution >= 0.6 is 0 Å². The molecule has 0 saturated carbocycles. The number of Topliss-reactive ketones (excluding diaryl/α,β-unsaturated/α-hetero) is 1. The van der Waals surface area contributed by atoms with Gasteiger partial charge in [0.25, 0.3) is 0 Å². The molecule has 2 aromatic carbocycles. The Bertz CT molecular complexity index is 692. The number of carboxylic acid groups (broad SMARTS) is 1. The van der Waals surface area contributed by atoms with E-state index in [-0.39, 0.29) is 11.3 Å². The van der Waals surface area contributed by atoms with Crippen molar-refractivity contribution >= 4 is 17.7 Å². The SMILES string of the molecule is CC(=O)Oc1ccccc1C(=O)O.CCC(=O)Cc1ccccc1. The summed E-state index contributed by atoms with van der Waals surface area (Å²) in [6.07, 6.45) is 1.21. The Kier molecular flexibility index (Phi) is 7.91. The number of carbonyl (C=O) groups excluding carboxylic acids is 2. The predicted molar refractivity (Wildman–Crippen MR) is 90.2 cm³/mol. The van der Waals surface area contributed by atoms with E-state index in [0.29, 0.717) is 18.6 Å². The molecule has 5 nitrogen and oxygen atoms in total. The van der Waals surface area contributed by atoms with E-state index in [4.69, 9.17) is 5.11 Å². The highest BCUT2D eigenvalue weighted by Crippen LogP contribution is 2.17. The average molecular weight is 328 g/mol. The summed E-state index contributed by atoms with van der Waals surface area (Å²) >= 11 is 0. The highest BCUT2D eigenvalue weighted by Gasteiger charge is 2.11. The number of carboxylic acids is 1. The van der Waals surface area contributed by atoms with E-state index >= 15 is 0 Å². The van der Waals surface area contributed by atoms with Gasteiger partial charge in [-0.1, -0.05) is 49.4 Å². The van der Waals surface area contributed by atoms with Crippen LogP contribution in [-0.4, -0.2) is 22.8 Å². The second kappa shape index (κ2) is 9.94. The van der Waals surface area contributed by atoms with Gasteiger partial charge in [-0.15, -0.1) is 0 Å². The van der Waals surface area contributed by atoms with Crippen LogP contribution < -0.4 is 4.74 Å². The second-order valence-corrected chi connectivity index (χ2v) is 4.95. The minimum Gasteiger partial charge on any atom is -0.478 e. The lowest BCUT2D eigenvalue weighted by molar-refractivity contribution is -0.131. The van der Waals surface area contributed by atoms with Gasteiger partial charge < -0.3 is 9.84 Å². The van der Waals surface area contributed by atoms with E-state index in [1.54, 1.807) is 12.1 Å². The summed E-state index contributed by atoms with van der Waals surface area (Å²) in [6, 6.07) is 15.8. The monoisotopic (exact) mass is 328 g/mol. The summed E-state index contributed by atoms with van der Waals surface area (Å²) in [5.74, 6) is -1.27. The van der Waals surface area contributed by atoms with Gasteiger partial charge in [-0.25, -0.2) is 4.79 Å². The standard InChI is InChI=1S/C10H12O.C9H8O4/c1-2-10(11)8-9-6-4-3-5-7-9;1-6(10)13-8-5-3-2-4-7(8)9(11)12/h3-7H,2,8H2,1H3;2-5H,1H3,(H,11,12). The molecule has 0 radical (unpaired) electrons. The number of hydrogen-bond acceptors (Lipinski definition) is 4. The number of aromatic carboxylic acids is 1. The van der Waals surface area contributed by atoms with Crippen LogP contribution in [-0.2, 0) is 16.0 Å². The van der Waals surface area contributed by atoms with Crippen LogP contribution in [0.25, 0.3) is 0 Å². The Morgan fingerprint density at radius 3 is 2.08 bits per heavy atom. The molecule has 0 unspecified atom stereocenters. The molecule has 126 valence electrons. The molecule has 0 aromatic heterocycles. The van der Waals surface area contributed by atoms with E-state index in [2.05, 4.69) is 4.74 Å². The van der Waals surface area contributed by atoms with Crippen molar-refractivity contribution in [1.29, 1.82) is 0 Å². The fraction of sp³-hybridized carbons (Fsp3) is 0.211. The highest BCUT2D eigenvalue weighted by atomic mass is 16.5. The summed E-state index contributed by atoms with van der Waals surface area (Å²) in [4.78, 5) is 32.2. The van der Waals surface area contributed by atoms with E-state index in [0.717, 1.165) is 5.56 Å². The molecule has 0 amide bonds. The van der Waals surface area contributed by atoms with Gasteiger partial charge in [0.2, 0.25) is 0 Å². The van der Waals surface area contributed by atoms with E-state index in [1.807, 2.05) is 37.3 Å². The quantitative estimate of drug-likeness (QED) is 0.671. The Morgan fingerprint density at radius 1 is 0.958 bits per heavy atom. The van der Waals surface area contributed by atoms with Gasteiger partial charge in [0, 0.05) is 19.8 Å². The molecule has 2 aromatic rings. The Morgan fingerprint density at radius 2 is 1.54 bits per heavy atom. The lowest BCUT2D eigenvalue weighted by Crippen LogP contribution is -2.06. The molecule has 24 heavy (non-hydrogen) atoms. The predicted octanol–water partition coefficient (Wildman–Crippen LogP) is 3.52. The van der Waals surface area contributed by atoms with Crippen LogP contribution in [0.2, 0.25) is 0 Å². The number of ketones is 1. The lowest BCUT2D eigenvalue weighted by Gasteiger charge is -2.03. The van der Waals surface area contributed by atoms with Gasteiger partial charge in [0.05, 0.1) is 0 Å². The molecule has 5 heteroatoms. The second-order valence-electron chi connectivity index (χ2n) is 4.95. The fourth-order valence-corrected chi connectivity index (χ4v) is 1.84. The van der Waals surface area contributed by atoms with Crippen LogP contribution in [0.15, 0.2) is 54.6 Å². The van der Waals surface area contributed by atoms with Crippen molar-refractivity contribution in [3.8, 4) is 5.75 Å². The van der Waals surface area contributed by atoms with Crippen molar-refractivity contribution < 1.29 is 24.2 Å². The molecule has 2 rings (SSSR count). The highest BCUT2D eigenvalue weighted by molar-refractivity contribution is 5.91. The molecular weight excluding hydrogens is 308 g/mol. The number of esters is 1. The molecule has 0 fully saturated rings. The zero-order valence-corrected chi connectivity index (χ0v) is 13.7. The minimum atomic E-state index is -1.11. The van der Waals surface area contributed by atoms with Crippen LogP contribution in [0.3, 0.4) is 0 Å². The van der Waals surface area contributed by atoms with Crippen LogP contribution in [0.5, 0.6) is 5.75 Å². The fourth-order valence-electron chi connectivity index (χ4n) is 1.84. The summed E-state index contributed by atoms with van der Waals surface area (Å²) in [5, 5.41) is 8.69. The first-order chi connectivity index (χ1) is 11.4. The zero-order chi connectivity index (χ0) is 17.9. The number of benzene rings is 2. The van der Waals surface area contributed by atoms with Crippen molar-refractivity contribution in [3.63, 3.8) is 0 Å². The maximum Gasteiger partial charge on any atom is 0.339 e. The van der Waals surface area contributed by atoms with E-state index < -0.39 is 11.9 Å². The number of hydrogen-bond donors (Lipinski definition) is 1. The van der Waals surface area contributed by atoms with Crippen molar-refractivity contribution in [2.24, 2.45) is 0 Å². The number of ether oxygens (including phenoxy) is 1. The summed E-state index contributed by atoms with van der Waals surface area (Å²) in [7, 11) is 0. The van der Waals surface area contributed by atoms with Gasteiger partial charge in [-0.2, -0.15) is 0 Å². The Hall–Kier alpha value is -2.95. The summed E-state index contributed by atoms with van der Waals surface area (Å²) < 4.78 is 4.69. The molecule has 0 spiro atoms. The number of rotatable bonds is 5. The van der Waals surface area contributed by atoms with Gasteiger partial charge in [0.15, 0.2) is 0 Å². The lowest BCUT2D eigenvalue weighted by atomic mass is 10.1. The van der Waals surface area contributed by atoms with E-state index in [1.165, 1.54) is 19.1 Å². The zero-order valence-electron chi connectivity index (χ0n) is 13.7. The average Bonchev–Trinajstić information content (AvgIpc) is 2.56. The third kappa shape index (κ3) is 6.87. The maximum absolute atomic E-state index is 11.0. The Labute approximate surface area is 140 Å². The molecule has 0 atom stereocenters. The first-order valence-corrected chi connectivity index (χ1v) is 7.50. The maximum atomic E-state index is 11.0. The van der Waals surface area contributed by atoms with Crippen molar-refractivity contribution in [1.82, 2.24) is 0 Å². The first-order valence-electron chi connectivity index (χ1n) is 7.50. The van der Waals surface area contributed by atoms with Crippen LogP contribution in [0, 0.1) is 0 Å². The van der Waals surface area contributed by atoms with Crippen LogP contribution in [0.4, 0.5) is 0 Å². The van der Waals surface area contributed by atoms with Crippen molar-refractivity contribution in [3.05, 3.63) is 65.7 Å². The smallest absolute Gasteiger partial charge is 0.339 e. The third-order valence-corrected chi connectivity index (χ3v) is 3.01. The summed E-state index contributed by atoms with van der Waals surface area (Å²) in [6.45, 7) is 3.11. The van der Waals surface area contributed by atoms with Crippen molar-refractivity contribution in [2.45, 2.75) is 26.7 Å². The summed E-state index contributed by atoms with van der Waals surface area (Å²) in [5.41, 5.74) is 1.09. The molecular formula is C19H20O5.